The molecule has 0 aliphatic carbocycles. The molecule has 0 saturated heterocycles. The van der Waals surface area contributed by atoms with Crippen molar-refractivity contribution >= 4 is 17.5 Å². The number of rotatable bonds is 2. The third-order valence-corrected chi connectivity index (χ3v) is 2.35. The normalized spacial score (nSPS) is 10.4. The molecule has 0 aliphatic rings. The highest BCUT2D eigenvalue weighted by molar-refractivity contribution is 6.33. The van der Waals surface area contributed by atoms with Gasteiger partial charge in [-0.2, -0.15) is 4.98 Å². The number of carbonyl (C=O) groups is 1. The van der Waals surface area contributed by atoms with Gasteiger partial charge in [0.25, 0.3) is 0 Å². The van der Waals surface area contributed by atoms with Crippen molar-refractivity contribution in [2.24, 2.45) is 5.73 Å². The maximum absolute atomic E-state index is 11.1. The molecule has 82 valence electrons. The van der Waals surface area contributed by atoms with Gasteiger partial charge in [-0.05, 0) is 18.2 Å². The maximum atomic E-state index is 11.1. The van der Waals surface area contributed by atoms with E-state index in [0.29, 0.717) is 22.3 Å². The van der Waals surface area contributed by atoms with E-state index in [2.05, 4.69) is 10.1 Å². The van der Waals surface area contributed by atoms with Gasteiger partial charge < -0.3 is 10.3 Å². The fraction of sp³-hybridized carbons (Fsp3) is 0.100. The van der Waals surface area contributed by atoms with Crippen molar-refractivity contribution in [3.05, 3.63) is 34.7 Å². The lowest BCUT2D eigenvalue weighted by Crippen LogP contribution is -2.11. The number of aryl methyl sites for hydroxylation is 1. The molecular formula is C10H8ClN3O2. The van der Waals surface area contributed by atoms with Crippen LogP contribution < -0.4 is 5.73 Å². The predicted octanol–water partition coefficient (Wildman–Crippen LogP) is 1.80. The number of aromatic nitrogens is 2. The van der Waals surface area contributed by atoms with Crippen molar-refractivity contribution in [2.75, 3.05) is 0 Å². The number of carbonyl (C=O) groups excluding carboxylic acids is 1. The first kappa shape index (κ1) is 10.6. The lowest BCUT2D eigenvalue weighted by molar-refractivity contribution is 0.100. The number of halogens is 1. The first-order valence-corrected chi connectivity index (χ1v) is 4.86. The first-order valence-electron chi connectivity index (χ1n) is 4.48. The molecule has 1 aromatic carbocycles. The van der Waals surface area contributed by atoms with E-state index in [4.69, 9.17) is 21.9 Å². The number of nitrogens with zero attached hydrogens (tertiary/aromatic N) is 2. The fourth-order valence-electron chi connectivity index (χ4n) is 1.27. The minimum absolute atomic E-state index is 0.238. The van der Waals surface area contributed by atoms with Gasteiger partial charge in [0.2, 0.25) is 17.6 Å². The van der Waals surface area contributed by atoms with E-state index in [9.17, 15) is 4.79 Å². The van der Waals surface area contributed by atoms with Gasteiger partial charge in [0.05, 0.1) is 10.6 Å². The van der Waals surface area contributed by atoms with Crippen LogP contribution in [-0.2, 0) is 0 Å². The SMILES string of the molecule is Cc1nc(-c2ccc(Cl)c(C(N)=O)c2)no1. The number of primary amides is 1. The molecule has 2 aromatic rings. The van der Waals surface area contributed by atoms with E-state index < -0.39 is 5.91 Å². The van der Waals surface area contributed by atoms with Crippen LogP contribution in [0.4, 0.5) is 0 Å². The minimum Gasteiger partial charge on any atom is -0.366 e. The lowest BCUT2D eigenvalue weighted by atomic mass is 10.1. The molecule has 16 heavy (non-hydrogen) atoms. The predicted molar refractivity (Wildman–Crippen MR) is 58.0 cm³/mol. The van der Waals surface area contributed by atoms with Crippen molar-refractivity contribution in [1.29, 1.82) is 0 Å². The number of amides is 1. The number of hydrogen-bond donors (Lipinski definition) is 1. The van der Waals surface area contributed by atoms with Crippen LogP contribution in [0.15, 0.2) is 22.7 Å². The van der Waals surface area contributed by atoms with Gasteiger partial charge in [-0.3, -0.25) is 4.79 Å². The summed E-state index contributed by atoms with van der Waals surface area (Å²) in [5.74, 6) is 0.259. The molecule has 2 N–H and O–H groups in total. The molecule has 0 fully saturated rings. The third kappa shape index (κ3) is 1.90. The topological polar surface area (TPSA) is 82.0 Å². The van der Waals surface area contributed by atoms with Crippen LogP contribution in [0.2, 0.25) is 5.02 Å². The van der Waals surface area contributed by atoms with Crippen LogP contribution in [0.3, 0.4) is 0 Å². The summed E-state index contributed by atoms with van der Waals surface area (Å²) in [6.07, 6.45) is 0. The fourth-order valence-corrected chi connectivity index (χ4v) is 1.48. The van der Waals surface area contributed by atoms with Crippen LogP contribution in [0.25, 0.3) is 11.4 Å². The Hall–Kier alpha value is -1.88. The number of benzene rings is 1. The zero-order valence-electron chi connectivity index (χ0n) is 8.40. The van der Waals surface area contributed by atoms with Crippen LogP contribution in [0.1, 0.15) is 16.2 Å². The highest BCUT2D eigenvalue weighted by Gasteiger charge is 2.11. The molecule has 2 rings (SSSR count). The summed E-state index contributed by atoms with van der Waals surface area (Å²) in [4.78, 5) is 15.1. The molecule has 0 bridgehead atoms. The zero-order chi connectivity index (χ0) is 11.7. The molecule has 1 amide bonds. The second-order valence-corrected chi connectivity index (χ2v) is 3.60. The largest absolute Gasteiger partial charge is 0.366 e. The summed E-state index contributed by atoms with van der Waals surface area (Å²) in [5, 5.41) is 4.04. The Labute approximate surface area is 96.2 Å². The summed E-state index contributed by atoms with van der Waals surface area (Å²) < 4.78 is 4.84. The van der Waals surface area contributed by atoms with Crippen molar-refractivity contribution in [2.45, 2.75) is 6.92 Å². The van der Waals surface area contributed by atoms with Crippen LogP contribution in [0.5, 0.6) is 0 Å². The Morgan fingerprint density at radius 1 is 1.50 bits per heavy atom. The number of hydrogen-bond acceptors (Lipinski definition) is 4. The minimum atomic E-state index is -0.591. The molecule has 6 heteroatoms. The number of nitrogens with two attached hydrogens (primary N) is 1. The second-order valence-electron chi connectivity index (χ2n) is 3.20. The molecule has 0 unspecified atom stereocenters. The van der Waals surface area contributed by atoms with E-state index >= 15 is 0 Å². The van der Waals surface area contributed by atoms with Gasteiger partial charge in [-0.1, -0.05) is 16.8 Å². The average molecular weight is 238 g/mol. The van der Waals surface area contributed by atoms with Crippen LogP contribution in [-0.4, -0.2) is 16.0 Å². The molecule has 0 radical (unpaired) electrons. The van der Waals surface area contributed by atoms with Gasteiger partial charge in [0.1, 0.15) is 0 Å². The quantitative estimate of drug-likeness (QED) is 0.863. The molecule has 1 heterocycles. The highest BCUT2D eigenvalue weighted by Crippen LogP contribution is 2.22. The summed E-state index contributed by atoms with van der Waals surface area (Å²) >= 11 is 5.82. The van der Waals surface area contributed by atoms with Crippen molar-refractivity contribution in [3.8, 4) is 11.4 Å². The van der Waals surface area contributed by atoms with E-state index in [-0.39, 0.29) is 5.56 Å². The standard InChI is InChI=1S/C10H8ClN3O2/c1-5-13-10(14-16-5)6-2-3-8(11)7(4-6)9(12)15/h2-4H,1H3,(H2,12,15). The van der Waals surface area contributed by atoms with Gasteiger partial charge in [0.15, 0.2) is 0 Å². The van der Waals surface area contributed by atoms with E-state index in [1.165, 1.54) is 6.07 Å². The van der Waals surface area contributed by atoms with Crippen LogP contribution >= 0.6 is 11.6 Å². The summed E-state index contributed by atoms with van der Waals surface area (Å²) in [7, 11) is 0. The molecular weight excluding hydrogens is 230 g/mol. The highest BCUT2D eigenvalue weighted by atomic mass is 35.5. The summed E-state index contributed by atoms with van der Waals surface area (Å²) in [5.41, 5.74) is 6.05. The summed E-state index contributed by atoms with van der Waals surface area (Å²) in [6.45, 7) is 1.68. The Kier molecular flexibility index (Phi) is 2.62. The van der Waals surface area contributed by atoms with Crippen molar-refractivity contribution in [1.82, 2.24) is 10.1 Å². The van der Waals surface area contributed by atoms with E-state index in [1.807, 2.05) is 0 Å². The Balaban J connectivity index is 2.51. The molecule has 0 spiro atoms. The van der Waals surface area contributed by atoms with E-state index in [0.717, 1.165) is 0 Å². The van der Waals surface area contributed by atoms with Gasteiger partial charge in [0, 0.05) is 12.5 Å². The zero-order valence-corrected chi connectivity index (χ0v) is 9.15. The third-order valence-electron chi connectivity index (χ3n) is 2.02. The Bertz CT molecular complexity index is 551. The smallest absolute Gasteiger partial charge is 0.250 e. The van der Waals surface area contributed by atoms with Crippen molar-refractivity contribution in [3.63, 3.8) is 0 Å². The Morgan fingerprint density at radius 2 is 2.25 bits per heavy atom. The molecule has 5 nitrogen and oxygen atoms in total. The monoisotopic (exact) mass is 237 g/mol. The van der Waals surface area contributed by atoms with Crippen molar-refractivity contribution < 1.29 is 9.32 Å². The van der Waals surface area contributed by atoms with Gasteiger partial charge in [-0.15, -0.1) is 0 Å². The molecule has 0 atom stereocenters. The van der Waals surface area contributed by atoms with Crippen LogP contribution in [0, 0.1) is 6.92 Å². The molecule has 0 aliphatic heterocycles. The van der Waals surface area contributed by atoms with Gasteiger partial charge in [-0.25, -0.2) is 0 Å². The average Bonchev–Trinajstić information content (AvgIpc) is 2.65. The van der Waals surface area contributed by atoms with Gasteiger partial charge >= 0.3 is 0 Å². The Morgan fingerprint density at radius 3 is 2.81 bits per heavy atom. The van der Waals surface area contributed by atoms with E-state index in [1.54, 1.807) is 19.1 Å². The first-order chi connectivity index (χ1) is 7.58. The second kappa shape index (κ2) is 3.94. The lowest BCUT2D eigenvalue weighted by Gasteiger charge is -2.01. The molecule has 0 saturated carbocycles. The summed E-state index contributed by atoms with van der Waals surface area (Å²) in [6, 6.07) is 4.80. The molecule has 1 aromatic heterocycles. The maximum Gasteiger partial charge on any atom is 0.250 e.